The van der Waals surface area contributed by atoms with Crippen molar-refractivity contribution in [2.45, 2.75) is 76.7 Å². The van der Waals surface area contributed by atoms with E-state index in [0.717, 1.165) is 55.8 Å². The third-order valence-electron chi connectivity index (χ3n) is 15.9. The first-order chi connectivity index (χ1) is 31.6. The van der Waals surface area contributed by atoms with E-state index in [-0.39, 0.29) is 23.1 Å². The molecular formula is C60H52BN3O. The Kier molecular flexibility index (Phi) is 8.15. The Labute approximate surface area is 382 Å². The maximum atomic E-state index is 6.45. The van der Waals surface area contributed by atoms with E-state index in [0.29, 0.717) is 0 Å². The average molecular weight is 842 g/mol. The van der Waals surface area contributed by atoms with E-state index in [9.17, 15) is 0 Å². The molecule has 9 aromatic rings. The predicted octanol–water partition coefficient (Wildman–Crippen LogP) is 14.4. The fraction of sp³-hybridized carbons (Fsp3) is 0.200. The molecule has 13 rings (SSSR count). The molecular weight excluding hydrogens is 789 g/mol. The second-order valence-corrected chi connectivity index (χ2v) is 20.4. The molecule has 3 aliphatic heterocycles. The number of rotatable bonds is 5. The Morgan fingerprint density at radius 2 is 1.28 bits per heavy atom. The highest BCUT2D eigenvalue weighted by Crippen LogP contribution is 2.62. The van der Waals surface area contributed by atoms with Gasteiger partial charge in [0.2, 0.25) is 0 Å². The molecule has 0 bridgehead atoms. The fourth-order valence-electron chi connectivity index (χ4n) is 12.6. The zero-order valence-corrected chi connectivity index (χ0v) is 37.9. The Balaban J connectivity index is 1.09. The van der Waals surface area contributed by atoms with E-state index >= 15 is 0 Å². The highest BCUT2D eigenvalue weighted by Gasteiger charge is 2.61. The molecule has 1 fully saturated rings. The highest BCUT2D eigenvalue weighted by molar-refractivity contribution is 7.00. The zero-order valence-electron chi connectivity index (χ0n) is 37.9. The van der Waals surface area contributed by atoms with Gasteiger partial charge in [0.15, 0.2) is 0 Å². The van der Waals surface area contributed by atoms with Gasteiger partial charge in [-0.2, -0.15) is 0 Å². The highest BCUT2D eigenvalue weighted by atomic mass is 16.3. The van der Waals surface area contributed by atoms with Gasteiger partial charge in [0.25, 0.3) is 6.71 Å². The third-order valence-corrected chi connectivity index (χ3v) is 15.9. The van der Waals surface area contributed by atoms with Crippen LogP contribution in [0.1, 0.15) is 71.4 Å². The van der Waals surface area contributed by atoms with Crippen molar-refractivity contribution >= 4 is 90.5 Å². The second kappa shape index (κ2) is 13.8. The first kappa shape index (κ1) is 38.5. The topological polar surface area (TPSA) is 22.9 Å². The lowest BCUT2D eigenvalue weighted by Gasteiger charge is -2.53. The van der Waals surface area contributed by atoms with Crippen LogP contribution in [0, 0.1) is 0 Å². The molecule has 316 valence electrons. The van der Waals surface area contributed by atoms with Gasteiger partial charge in [0, 0.05) is 61.6 Å². The van der Waals surface area contributed by atoms with Gasteiger partial charge in [-0.1, -0.05) is 150 Å². The summed E-state index contributed by atoms with van der Waals surface area (Å²) in [5, 5.41) is 2.26. The van der Waals surface area contributed by atoms with Gasteiger partial charge in [-0.15, -0.1) is 0 Å². The van der Waals surface area contributed by atoms with Crippen LogP contribution in [-0.2, 0) is 10.8 Å². The summed E-state index contributed by atoms with van der Waals surface area (Å²) < 4.78 is 6.45. The van der Waals surface area contributed by atoms with Crippen LogP contribution in [0.4, 0.5) is 45.5 Å². The molecule has 0 amide bonds. The van der Waals surface area contributed by atoms with E-state index < -0.39 is 0 Å². The first-order valence-corrected chi connectivity index (χ1v) is 23.6. The molecule has 1 aliphatic carbocycles. The number of hydrogen-bond acceptors (Lipinski definition) is 4. The lowest BCUT2D eigenvalue weighted by atomic mass is 9.33. The molecule has 0 radical (unpaired) electrons. The average Bonchev–Trinajstić information content (AvgIpc) is 3.81. The summed E-state index contributed by atoms with van der Waals surface area (Å²) in [6.07, 6.45) is 4.92. The minimum absolute atomic E-state index is 0.0305. The number of fused-ring (bicyclic) bond motifs is 10. The SMILES string of the molecule is CC(C)(C)c1cc2c3c(c1)N1c4c(cccc4C4(C)CCCCC14C)B3c1ccc(N(c3ccccc3)c3ccccc3-c3cccc4oc5ccccc5c34)cc1N2c1ccccc1. The van der Waals surface area contributed by atoms with Gasteiger partial charge in [-0.25, -0.2) is 0 Å². The van der Waals surface area contributed by atoms with Crippen LogP contribution in [-0.4, -0.2) is 12.3 Å². The maximum absolute atomic E-state index is 6.45. The minimum Gasteiger partial charge on any atom is -0.456 e. The van der Waals surface area contributed by atoms with Crippen molar-refractivity contribution in [3.05, 3.63) is 187 Å². The van der Waals surface area contributed by atoms with Gasteiger partial charge >= 0.3 is 0 Å². The van der Waals surface area contributed by atoms with Crippen LogP contribution < -0.4 is 31.1 Å². The Morgan fingerprint density at radius 3 is 2.11 bits per heavy atom. The Morgan fingerprint density at radius 1 is 0.585 bits per heavy atom. The Hall–Kier alpha value is -6.98. The number of nitrogens with zero attached hydrogens (tertiary/aromatic N) is 3. The number of para-hydroxylation sites is 5. The van der Waals surface area contributed by atoms with Crippen molar-refractivity contribution in [1.29, 1.82) is 0 Å². The van der Waals surface area contributed by atoms with Gasteiger partial charge in [0.05, 0.1) is 11.2 Å². The number of benzene rings is 8. The number of hydrogen-bond donors (Lipinski definition) is 0. The molecule has 0 N–H and O–H groups in total. The zero-order chi connectivity index (χ0) is 43.8. The van der Waals surface area contributed by atoms with E-state index in [2.05, 4.69) is 225 Å². The molecule has 1 saturated carbocycles. The van der Waals surface area contributed by atoms with E-state index in [1.54, 1.807) is 0 Å². The van der Waals surface area contributed by atoms with Crippen molar-refractivity contribution < 1.29 is 4.42 Å². The van der Waals surface area contributed by atoms with E-state index in [4.69, 9.17) is 4.42 Å². The summed E-state index contributed by atoms with van der Waals surface area (Å²) in [5.74, 6) is 0. The summed E-state index contributed by atoms with van der Waals surface area (Å²) in [7, 11) is 0. The minimum atomic E-state index is -0.0706. The first-order valence-electron chi connectivity index (χ1n) is 23.6. The molecule has 0 saturated heterocycles. The summed E-state index contributed by atoms with van der Waals surface area (Å²) in [6, 6.07) is 65.4. The van der Waals surface area contributed by atoms with Crippen molar-refractivity contribution in [3.8, 4) is 11.1 Å². The normalized spacial score (nSPS) is 19.2. The molecule has 4 heterocycles. The maximum Gasteiger partial charge on any atom is 0.252 e. The van der Waals surface area contributed by atoms with Crippen molar-refractivity contribution in [3.63, 3.8) is 0 Å². The van der Waals surface area contributed by atoms with Crippen LogP contribution in [0.25, 0.3) is 33.1 Å². The molecule has 0 spiro atoms. The Bertz CT molecular complexity index is 3390. The van der Waals surface area contributed by atoms with Crippen LogP contribution in [0.3, 0.4) is 0 Å². The van der Waals surface area contributed by atoms with Crippen molar-refractivity contribution in [2.75, 3.05) is 14.7 Å². The molecule has 4 aliphatic rings. The van der Waals surface area contributed by atoms with Crippen LogP contribution in [0.15, 0.2) is 180 Å². The van der Waals surface area contributed by atoms with Crippen LogP contribution in [0.5, 0.6) is 0 Å². The third kappa shape index (κ3) is 5.33. The largest absolute Gasteiger partial charge is 0.456 e. The lowest BCUT2D eigenvalue weighted by molar-refractivity contribution is 0.195. The van der Waals surface area contributed by atoms with E-state index in [1.165, 1.54) is 75.9 Å². The van der Waals surface area contributed by atoms with Crippen molar-refractivity contribution in [1.82, 2.24) is 0 Å². The lowest BCUT2D eigenvalue weighted by Crippen LogP contribution is -2.64. The standard InChI is InChI=1S/C60H52BN3O/c1-58(2,3)39-36-51-56-52(37-39)64-57-46(59(4)34-16-17-35-60(59,64)5)27-19-28-48(57)61(56)47-33-32-42(38-50(47)63(51)41-22-10-7-11-23-41)62(40-20-8-6-9-21-40)49-29-14-12-24-43(49)44-26-18-31-54-55(44)45-25-13-15-30-53(45)65-54/h6-15,18-33,36-38H,16-17,34-35H2,1-5H3. The van der Waals surface area contributed by atoms with Gasteiger partial charge < -0.3 is 19.1 Å². The van der Waals surface area contributed by atoms with Gasteiger partial charge in [-0.3, -0.25) is 0 Å². The second-order valence-electron chi connectivity index (χ2n) is 20.4. The number of furan rings is 1. The molecule has 2 unspecified atom stereocenters. The predicted molar refractivity (Wildman–Crippen MR) is 275 cm³/mol. The molecule has 8 aromatic carbocycles. The van der Waals surface area contributed by atoms with Crippen molar-refractivity contribution in [2.24, 2.45) is 0 Å². The summed E-state index contributed by atoms with van der Waals surface area (Å²) in [5.41, 5.74) is 20.9. The van der Waals surface area contributed by atoms with E-state index in [1.807, 2.05) is 0 Å². The van der Waals surface area contributed by atoms with Gasteiger partial charge in [-0.05, 0) is 125 Å². The molecule has 1 aromatic heterocycles. The number of anilines is 8. The summed E-state index contributed by atoms with van der Waals surface area (Å²) in [6.45, 7) is 12.4. The summed E-state index contributed by atoms with van der Waals surface area (Å²) >= 11 is 0. The van der Waals surface area contributed by atoms with Crippen LogP contribution >= 0.6 is 0 Å². The molecule has 65 heavy (non-hydrogen) atoms. The summed E-state index contributed by atoms with van der Waals surface area (Å²) in [4.78, 5) is 7.90. The molecule has 2 atom stereocenters. The van der Waals surface area contributed by atoms with Crippen LogP contribution in [0.2, 0.25) is 0 Å². The quantitative estimate of drug-likeness (QED) is 0.161. The molecule has 4 nitrogen and oxygen atoms in total. The monoisotopic (exact) mass is 841 g/mol. The van der Waals surface area contributed by atoms with Gasteiger partial charge in [0.1, 0.15) is 11.2 Å². The fourth-order valence-corrected chi connectivity index (χ4v) is 12.6. The molecule has 5 heteroatoms. The smallest absolute Gasteiger partial charge is 0.252 e.